The lowest BCUT2D eigenvalue weighted by atomic mass is 9.94. The van der Waals surface area contributed by atoms with Gasteiger partial charge in [-0.1, -0.05) is 42.0 Å². The number of hydrogen-bond donors (Lipinski definition) is 1. The van der Waals surface area contributed by atoms with Crippen LogP contribution in [0.5, 0.6) is 0 Å². The van der Waals surface area contributed by atoms with Crippen LogP contribution in [0.15, 0.2) is 66.1 Å². The van der Waals surface area contributed by atoms with E-state index in [0.717, 1.165) is 11.1 Å². The van der Waals surface area contributed by atoms with E-state index in [0.29, 0.717) is 19.6 Å². The van der Waals surface area contributed by atoms with Crippen LogP contribution >= 0.6 is 0 Å². The standard InChI is InChI=1S/C22H25FN4O2S/c1-16-3-5-17(6-4-16)11-24-21-13-27(30(28,29)22-14-26(2)15-25-22)12-20(21)18-7-9-19(23)10-8-18/h3-10,14-15,20-21,24H,11-13H2,1-2H3/t20-,21+/m1/s1. The van der Waals surface area contributed by atoms with E-state index in [4.69, 9.17) is 0 Å². The van der Waals surface area contributed by atoms with Crippen molar-refractivity contribution in [2.75, 3.05) is 13.1 Å². The molecule has 158 valence electrons. The first-order valence-electron chi connectivity index (χ1n) is 9.85. The van der Waals surface area contributed by atoms with Gasteiger partial charge in [-0.05, 0) is 30.2 Å². The van der Waals surface area contributed by atoms with Gasteiger partial charge in [-0.25, -0.2) is 17.8 Å². The summed E-state index contributed by atoms with van der Waals surface area (Å²) in [4.78, 5) is 4.03. The highest BCUT2D eigenvalue weighted by atomic mass is 32.2. The highest BCUT2D eigenvalue weighted by Gasteiger charge is 2.40. The Morgan fingerprint density at radius 1 is 1.10 bits per heavy atom. The zero-order chi connectivity index (χ0) is 21.3. The molecule has 0 aliphatic carbocycles. The molecule has 2 atom stereocenters. The fraction of sp³-hybridized carbons (Fsp3) is 0.318. The number of halogens is 1. The molecule has 1 aromatic heterocycles. The lowest BCUT2D eigenvalue weighted by Crippen LogP contribution is -2.36. The fourth-order valence-corrected chi connectivity index (χ4v) is 5.29. The molecule has 1 saturated heterocycles. The third-order valence-corrected chi connectivity index (χ3v) is 7.28. The molecule has 0 saturated carbocycles. The van der Waals surface area contributed by atoms with Crippen LogP contribution in [0, 0.1) is 12.7 Å². The van der Waals surface area contributed by atoms with Crippen molar-refractivity contribution in [2.45, 2.75) is 30.5 Å². The monoisotopic (exact) mass is 428 g/mol. The molecule has 8 heteroatoms. The van der Waals surface area contributed by atoms with Gasteiger partial charge in [-0.3, -0.25) is 0 Å². The van der Waals surface area contributed by atoms with Gasteiger partial charge in [0, 0.05) is 44.8 Å². The van der Waals surface area contributed by atoms with E-state index in [1.54, 1.807) is 23.7 Å². The highest BCUT2D eigenvalue weighted by Crippen LogP contribution is 2.31. The van der Waals surface area contributed by atoms with Crippen molar-refractivity contribution in [2.24, 2.45) is 7.05 Å². The molecule has 1 aliphatic heterocycles. The first-order valence-corrected chi connectivity index (χ1v) is 11.3. The highest BCUT2D eigenvalue weighted by molar-refractivity contribution is 7.89. The molecule has 0 unspecified atom stereocenters. The van der Waals surface area contributed by atoms with Gasteiger partial charge in [0.15, 0.2) is 5.03 Å². The third kappa shape index (κ3) is 4.30. The minimum Gasteiger partial charge on any atom is -0.339 e. The third-order valence-electron chi connectivity index (χ3n) is 5.56. The second-order valence-corrected chi connectivity index (χ2v) is 9.72. The SMILES string of the molecule is Cc1ccc(CN[C@H]2CN(S(=O)(=O)c3cn(C)cn3)C[C@@H]2c2ccc(F)cc2)cc1. The molecule has 0 radical (unpaired) electrons. The molecule has 0 bridgehead atoms. The minimum atomic E-state index is -3.70. The molecule has 30 heavy (non-hydrogen) atoms. The number of benzene rings is 2. The molecule has 4 rings (SSSR count). The van der Waals surface area contributed by atoms with Gasteiger partial charge in [0.25, 0.3) is 10.0 Å². The second kappa shape index (κ2) is 8.29. The summed E-state index contributed by atoms with van der Waals surface area (Å²) < 4.78 is 42.7. The summed E-state index contributed by atoms with van der Waals surface area (Å²) in [6.45, 7) is 3.31. The van der Waals surface area contributed by atoms with Gasteiger partial charge < -0.3 is 9.88 Å². The van der Waals surface area contributed by atoms with Gasteiger partial charge >= 0.3 is 0 Å². The van der Waals surface area contributed by atoms with E-state index >= 15 is 0 Å². The second-order valence-electron chi connectivity index (χ2n) is 7.83. The van der Waals surface area contributed by atoms with Crippen molar-refractivity contribution >= 4 is 10.0 Å². The molecular formula is C22H25FN4O2S. The number of nitrogens with zero attached hydrogens (tertiary/aromatic N) is 3. The number of nitrogens with one attached hydrogen (secondary N) is 1. The summed E-state index contributed by atoms with van der Waals surface area (Å²) in [5, 5.41) is 3.56. The largest absolute Gasteiger partial charge is 0.339 e. The molecule has 2 aromatic carbocycles. The van der Waals surface area contributed by atoms with E-state index in [-0.39, 0.29) is 22.8 Å². The zero-order valence-electron chi connectivity index (χ0n) is 17.0. The summed E-state index contributed by atoms with van der Waals surface area (Å²) in [6.07, 6.45) is 2.99. The average Bonchev–Trinajstić information content (AvgIpc) is 3.35. The maximum absolute atomic E-state index is 13.4. The summed E-state index contributed by atoms with van der Waals surface area (Å²) >= 11 is 0. The van der Waals surface area contributed by atoms with Crippen LogP contribution < -0.4 is 5.32 Å². The summed E-state index contributed by atoms with van der Waals surface area (Å²) in [6, 6.07) is 14.4. The number of rotatable bonds is 6. The molecular weight excluding hydrogens is 403 g/mol. The Morgan fingerprint density at radius 3 is 2.43 bits per heavy atom. The number of aromatic nitrogens is 2. The summed E-state index contributed by atoms with van der Waals surface area (Å²) in [7, 11) is -1.96. The minimum absolute atomic E-state index is 0.0436. The van der Waals surface area contributed by atoms with Gasteiger partial charge in [-0.15, -0.1) is 0 Å². The molecule has 6 nitrogen and oxygen atoms in total. The number of hydrogen-bond acceptors (Lipinski definition) is 4. The Kier molecular flexibility index (Phi) is 5.73. The quantitative estimate of drug-likeness (QED) is 0.656. The van der Waals surface area contributed by atoms with Gasteiger partial charge in [0.05, 0.1) is 6.33 Å². The van der Waals surface area contributed by atoms with Crippen molar-refractivity contribution in [1.29, 1.82) is 0 Å². The predicted octanol–water partition coefficient (Wildman–Crippen LogP) is 2.81. The number of aryl methyl sites for hydroxylation is 2. The van der Waals surface area contributed by atoms with E-state index in [9.17, 15) is 12.8 Å². The lowest BCUT2D eigenvalue weighted by molar-refractivity contribution is 0.454. The van der Waals surface area contributed by atoms with Crippen LogP contribution in [0.2, 0.25) is 0 Å². The van der Waals surface area contributed by atoms with E-state index in [1.165, 1.54) is 34.5 Å². The summed E-state index contributed by atoms with van der Waals surface area (Å²) in [5.74, 6) is -0.395. The van der Waals surface area contributed by atoms with Crippen LogP contribution in [0.3, 0.4) is 0 Å². The van der Waals surface area contributed by atoms with Crippen molar-refractivity contribution < 1.29 is 12.8 Å². The molecule has 0 spiro atoms. The van der Waals surface area contributed by atoms with Crippen LogP contribution in [-0.4, -0.2) is 41.4 Å². The van der Waals surface area contributed by atoms with Crippen LogP contribution in [-0.2, 0) is 23.6 Å². The van der Waals surface area contributed by atoms with Crippen LogP contribution in [0.25, 0.3) is 0 Å². The maximum Gasteiger partial charge on any atom is 0.262 e. The predicted molar refractivity (Wildman–Crippen MR) is 113 cm³/mol. The van der Waals surface area contributed by atoms with Gasteiger partial charge in [0.2, 0.25) is 0 Å². The average molecular weight is 429 g/mol. The van der Waals surface area contributed by atoms with Gasteiger partial charge in [0.1, 0.15) is 5.82 Å². The Balaban J connectivity index is 1.58. The van der Waals surface area contributed by atoms with Crippen molar-refractivity contribution in [3.05, 3.63) is 83.6 Å². The Bertz CT molecular complexity index is 1110. The molecule has 1 N–H and O–H groups in total. The van der Waals surface area contributed by atoms with E-state index < -0.39 is 10.0 Å². The molecule has 2 heterocycles. The first kappa shape index (κ1) is 20.7. The Hall–Kier alpha value is -2.55. The number of imidazole rings is 1. The van der Waals surface area contributed by atoms with Crippen LogP contribution in [0.1, 0.15) is 22.6 Å². The molecule has 1 fully saturated rings. The van der Waals surface area contributed by atoms with Crippen molar-refractivity contribution in [3.63, 3.8) is 0 Å². The van der Waals surface area contributed by atoms with Crippen LogP contribution in [0.4, 0.5) is 4.39 Å². The van der Waals surface area contributed by atoms with E-state index in [1.807, 2.05) is 6.92 Å². The topological polar surface area (TPSA) is 67.2 Å². The molecule has 0 amide bonds. The fourth-order valence-electron chi connectivity index (χ4n) is 3.83. The smallest absolute Gasteiger partial charge is 0.262 e. The maximum atomic E-state index is 13.4. The van der Waals surface area contributed by atoms with Gasteiger partial charge in [-0.2, -0.15) is 4.31 Å². The summed E-state index contributed by atoms with van der Waals surface area (Å²) in [5.41, 5.74) is 3.23. The van der Waals surface area contributed by atoms with Crippen molar-refractivity contribution in [3.8, 4) is 0 Å². The number of sulfonamides is 1. The molecule has 1 aliphatic rings. The zero-order valence-corrected chi connectivity index (χ0v) is 17.8. The Labute approximate surface area is 176 Å². The lowest BCUT2D eigenvalue weighted by Gasteiger charge is -2.20. The van der Waals surface area contributed by atoms with E-state index in [2.05, 4.69) is 34.6 Å². The first-order chi connectivity index (χ1) is 14.3. The molecule has 3 aromatic rings. The normalized spacial score (nSPS) is 20.0. The van der Waals surface area contributed by atoms with Crippen molar-refractivity contribution in [1.82, 2.24) is 19.2 Å². The Morgan fingerprint density at radius 2 is 1.80 bits per heavy atom.